The van der Waals surface area contributed by atoms with E-state index >= 15 is 0 Å². The van der Waals surface area contributed by atoms with Crippen LogP contribution < -0.4 is 0 Å². The van der Waals surface area contributed by atoms with Gasteiger partial charge in [0.15, 0.2) is 5.69 Å². The van der Waals surface area contributed by atoms with Crippen LogP contribution in [-0.4, -0.2) is 58.1 Å². The quantitative estimate of drug-likeness (QED) is 0.929. The van der Waals surface area contributed by atoms with Crippen LogP contribution in [-0.2, 0) is 0 Å². The molecule has 4 fully saturated rings. The van der Waals surface area contributed by atoms with E-state index in [-0.39, 0.29) is 5.91 Å². The molecular formula is C16H23ClN4O. The van der Waals surface area contributed by atoms with E-state index in [9.17, 15) is 4.79 Å². The third-order valence-corrected chi connectivity index (χ3v) is 5.84. The summed E-state index contributed by atoms with van der Waals surface area (Å²) < 4.78 is 0. The van der Waals surface area contributed by atoms with E-state index < -0.39 is 0 Å². The lowest BCUT2D eigenvalue weighted by Crippen LogP contribution is -2.45. The van der Waals surface area contributed by atoms with Crippen molar-refractivity contribution in [2.24, 2.45) is 11.8 Å². The third kappa shape index (κ3) is 2.65. The number of hydrogen-bond acceptors (Lipinski definition) is 3. The number of hydrogen-bond donors (Lipinski definition) is 1. The van der Waals surface area contributed by atoms with Gasteiger partial charge in [-0.25, -0.2) is 0 Å². The fourth-order valence-electron chi connectivity index (χ4n) is 3.91. The Labute approximate surface area is 136 Å². The summed E-state index contributed by atoms with van der Waals surface area (Å²) in [4.78, 5) is 17.4. The highest BCUT2D eigenvalue weighted by Crippen LogP contribution is 2.35. The summed E-state index contributed by atoms with van der Waals surface area (Å²) in [5.41, 5.74) is 1.15. The maximum Gasteiger partial charge on any atom is 0.275 e. The fraction of sp³-hybridized carbons (Fsp3) is 0.750. The van der Waals surface area contributed by atoms with E-state index in [1.165, 1.54) is 32.2 Å². The molecule has 120 valence electrons. The molecule has 0 unspecified atom stereocenters. The van der Waals surface area contributed by atoms with Crippen molar-refractivity contribution in [2.45, 2.75) is 38.6 Å². The number of fused-ring (bicyclic) bond motifs is 4. The molecule has 1 aromatic heterocycles. The van der Waals surface area contributed by atoms with Crippen molar-refractivity contribution in [3.05, 3.63) is 16.4 Å². The van der Waals surface area contributed by atoms with Crippen molar-refractivity contribution in [1.82, 2.24) is 20.0 Å². The average molecular weight is 323 g/mol. The fourth-order valence-corrected chi connectivity index (χ4v) is 4.07. The first-order valence-corrected chi connectivity index (χ1v) is 8.73. The van der Waals surface area contributed by atoms with Gasteiger partial charge in [-0.1, -0.05) is 11.6 Å². The van der Waals surface area contributed by atoms with Crippen LogP contribution in [0.15, 0.2) is 0 Å². The standard InChI is InChI=1S/C16H23ClN4O/c1-10-14(17)15(19-18-10)16(22)21-8-12-4-5-13(9-21)20(7-12)6-11-2-3-11/h11-13H,2-9H2,1H3,(H,18,19)/t12-,13-/m0/s1. The second-order valence-electron chi connectivity index (χ2n) is 7.22. The first-order valence-electron chi connectivity index (χ1n) is 8.35. The van der Waals surface area contributed by atoms with Crippen LogP contribution in [0.2, 0.25) is 5.02 Å². The molecule has 3 saturated heterocycles. The highest BCUT2D eigenvalue weighted by atomic mass is 35.5. The molecule has 1 saturated carbocycles. The zero-order valence-electron chi connectivity index (χ0n) is 13.0. The predicted molar refractivity (Wildman–Crippen MR) is 85.0 cm³/mol. The Kier molecular flexibility index (Phi) is 3.65. The third-order valence-electron chi connectivity index (χ3n) is 5.38. The Bertz CT molecular complexity index is 583. The van der Waals surface area contributed by atoms with Crippen LogP contribution in [0, 0.1) is 18.8 Å². The smallest absolute Gasteiger partial charge is 0.275 e. The summed E-state index contributed by atoms with van der Waals surface area (Å²) in [5, 5.41) is 7.39. The predicted octanol–water partition coefficient (Wildman–Crippen LogP) is 2.32. The van der Waals surface area contributed by atoms with Crippen molar-refractivity contribution in [3.8, 4) is 0 Å². The van der Waals surface area contributed by atoms with Gasteiger partial charge in [0.05, 0.1) is 10.7 Å². The molecule has 1 amide bonds. The highest BCUT2D eigenvalue weighted by Gasteiger charge is 2.39. The summed E-state index contributed by atoms with van der Waals surface area (Å²) in [6.07, 6.45) is 5.23. The topological polar surface area (TPSA) is 52.2 Å². The number of piperidine rings is 1. The second kappa shape index (κ2) is 5.53. The number of nitrogens with one attached hydrogen (secondary N) is 1. The molecule has 6 heteroatoms. The lowest BCUT2D eigenvalue weighted by atomic mass is 9.95. The van der Waals surface area contributed by atoms with Gasteiger partial charge in [0.2, 0.25) is 0 Å². The molecule has 3 aliphatic heterocycles. The molecular weight excluding hydrogens is 300 g/mol. The van der Waals surface area contributed by atoms with E-state index in [1.807, 2.05) is 11.8 Å². The van der Waals surface area contributed by atoms with Gasteiger partial charge in [-0.15, -0.1) is 0 Å². The lowest BCUT2D eigenvalue weighted by Gasteiger charge is -2.36. The largest absolute Gasteiger partial charge is 0.335 e. The monoisotopic (exact) mass is 322 g/mol. The number of carbonyl (C=O) groups excluding carboxylic acids is 1. The summed E-state index contributed by atoms with van der Waals surface area (Å²) in [5.74, 6) is 1.49. The molecule has 22 heavy (non-hydrogen) atoms. The van der Waals surface area contributed by atoms with Gasteiger partial charge in [-0.2, -0.15) is 5.10 Å². The van der Waals surface area contributed by atoms with Crippen LogP contribution >= 0.6 is 11.6 Å². The molecule has 0 radical (unpaired) electrons. The van der Waals surface area contributed by atoms with Crippen LogP contribution in [0.5, 0.6) is 0 Å². The van der Waals surface area contributed by atoms with Crippen molar-refractivity contribution in [3.63, 3.8) is 0 Å². The molecule has 4 aliphatic rings. The zero-order valence-corrected chi connectivity index (χ0v) is 13.8. The molecule has 2 bridgehead atoms. The Hall–Kier alpha value is -1.07. The maximum atomic E-state index is 12.8. The first kappa shape index (κ1) is 14.5. The minimum Gasteiger partial charge on any atom is -0.335 e. The number of rotatable bonds is 3. The Morgan fingerprint density at radius 1 is 1.27 bits per heavy atom. The molecule has 0 aromatic carbocycles. The van der Waals surface area contributed by atoms with E-state index in [2.05, 4.69) is 15.1 Å². The average Bonchev–Trinajstić information content (AvgIpc) is 3.30. The SMILES string of the molecule is Cc1[nH]nc(C(=O)N2C[C@H]3CC[C@@H](C2)N(CC2CC2)C3)c1Cl. The van der Waals surface area contributed by atoms with Gasteiger partial charge in [0.1, 0.15) is 0 Å². The summed E-state index contributed by atoms with van der Waals surface area (Å²) in [6.45, 7) is 5.89. The summed E-state index contributed by atoms with van der Waals surface area (Å²) in [6, 6.07) is 0.516. The van der Waals surface area contributed by atoms with Crippen molar-refractivity contribution in [1.29, 1.82) is 0 Å². The minimum atomic E-state index is -0.0143. The van der Waals surface area contributed by atoms with Gasteiger partial charge in [0.25, 0.3) is 5.91 Å². The van der Waals surface area contributed by atoms with Gasteiger partial charge in [-0.05, 0) is 44.4 Å². The number of carbonyl (C=O) groups is 1. The van der Waals surface area contributed by atoms with E-state index in [0.717, 1.165) is 31.2 Å². The molecule has 4 heterocycles. The van der Waals surface area contributed by atoms with E-state index in [1.54, 1.807) is 0 Å². The number of aryl methyl sites for hydroxylation is 1. The van der Waals surface area contributed by atoms with Gasteiger partial charge in [0, 0.05) is 32.2 Å². The van der Waals surface area contributed by atoms with E-state index in [0.29, 0.717) is 22.7 Å². The van der Waals surface area contributed by atoms with Crippen LogP contribution in [0.25, 0.3) is 0 Å². The molecule has 1 N–H and O–H groups in total. The van der Waals surface area contributed by atoms with Crippen LogP contribution in [0.4, 0.5) is 0 Å². The number of nitrogens with zero attached hydrogens (tertiary/aromatic N) is 3. The number of aromatic nitrogens is 2. The Morgan fingerprint density at radius 3 is 2.77 bits per heavy atom. The van der Waals surface area contributed by atoms with E-state index in [4.69, 9.17) is 11.6 Å². The summed E-state index contributed by atoms with van der Waals surface area (Å²) in [7, 11) is 0. The number of aromatic amines is 1. The number of halogens is 1. The first-order chi connectivity index (χ1) is 10.6. The highest BCUT2D eigenvalue weighted by molar-refractivity contribution is 6.34. The number of amides is 1. The minimum absolute atomic E-state index is 0.0143. The van der Waals surface area contributed by atoms with Crippen LogP contribution in [0.3, 0.4) is 0 Å². The second-order valence-corrected chi connectivity index (χ2v) is 7.59. The normalized spacial score (nSPS) is 28.9. The Balaban J connectivity index is 1.51. The van der Waals surface area contributed by atoms with Gasteiger partial charge < -0.3 is 4.90 Å². The van der Waals surface area contributed by atoms with Gasteiger partial charge in [-0.3, -0.25) is 14.8 Å². The van der Waals surface area contributed by atoms with Crippen molar-refractivity contribution >= 4 is 17.5 Å². The molecule has 0 spiro atoms. The molecule has 2 atom stereocenters. The zero-order chi connectivity index (χ0) is 15.3. The van der Waals surface area contributed by atoms with Crippen molar-refractivity contribution < 1.29 is 4.79 Å². The maximum absolute atomic E-state index is 12.8. The Morgan fingerprint density at radius 2 is 2.09 bits per heavy atom. The van der Waals surface area contributed by atoms with Crippen molar-refractivity contribution in [2.75, 3.05) is 26.2 Å². The lowest BCUT2D eigenvalue weighted by molar-refractivity contribution is 0.0731. The molecule has 5 rings (SSSR count). The number of H-pyrrole nitrogens is 1. The van der Waals surface area contributed by atoms with Crippen LogP contribution in [0.1, 0.15) is 41.9 Å². The van der Waals surface area contributed by atoms with Gasteiger partial charge >= 0.3 is 0 Å². The molecule has 1 aromatic rings. The summed E-state index contributed by atoms with van der Waals surface area (Å²) >= 11 is 6.21. The molecule has 1 aliphatic carbocycles. The molecule has 5 nitrogen and oxygen atoms in total.